The van der Waals surface area contributed by atoms with Gasteiger partial charge in [-0.05, 0) is 23.8 Å². The van der Waals surface area contributed by atoms with E-state index >= 15 is 0 Å². The first kappa shape index (κ1) is 16.9. The van der Waals surface area contributed by atoms with Crippen LogP contribution >= 0.6 is 11.3 Å². The fourth-order valence-electron chi connectivity index (χ4n) is 2.55. The van der Waals surface area contributed by atoms with Gasteiger partial charge in [-0.3, -0.25) is 4.79 Å². The van der Waals surface area contributed by atoms with Gasteiger partial charge >= 0.3 is 0 Å². The summed E-state index contributed by atoms with van der Waals surface area (Å²) in [6.45, 7) is 0.269. The van der Waals surface area contributed by atoms with Gasteiger partial charge in [-0.25, -0.2) is 18.1 Å². The van der Waals surface area contributed by atoms with E-state index in [1.54, 1.807) is 31.1 Å². The van der Waals surface area contributed by atoms with Crippen molar-refractivity contribution in [3.8, 4) is 0 Å². The van der Waals surface area contributed by atoms with Crippen molar-refractivity contribution in [1.29, 1.82) is 0 Å². The van der Waals surface area contributed by atoms with Crippen LogP contribution < -0.4 is 14.9 Å². The number of rotatable bonds is 6. The largest absolute Gasteiger partial charge is 0.365 e. The number of anilines is 2. The van der Waals surface area contributed by atoms with Crippen LogP contribution in [0.5, 0.6) is 0 Å². The molecule has 0 spiro atoms. The molecule has 2 N–H and O–H groups in total. The van der Waals surface area contributed by atoms with Crippen LogP contribution in [0.3, 0.4) is 0 Å². The van der Waals surface area contributed by atoms with E-state index < -0.39 is 10.0 Å². The third-order valence-corrected chi connectivity index (χ3v) is 6.24. The Morgan fingerprint density at radius 2 is 2.17 bits per heavy atom. The monoisotopic (exact) mass is 366 g/mol. The topological polar surface area (TPSA) is 91.4 Å². The van der Waals surface area contributed by atoms with Crippen molar-refractivity contribution in [2.75, 3.05) is 30.9 Å². The highest BCUT2D eigenvalue weighted by atomic mass is 32.2. The summed E-state index contributed by atoms with van der Waals surface area (Å²) < 4.78 is 27.4. The number of carbonyl (C=O) groups excluding carboxylic acids is 1. The highest BCUT2D eigenvalue weighted by Crippen LogP contribution is 2.29. The minimum Gasteiger partial charge on any atom is -0.365 e. The summed E-state index contributed by atoms with van der Waals surface area (Å²) in [6, 6.07) is 4.77. The molecule has 0 aliphatic carbocycles. The number of fused-ring (bicyclic) bond motifs is 1. The predicted octanol–water partition coefficient (Wildman–Crippen LogP) is 1.22. The first-order valence-electron chi connectivity index (χ1n) is 7.42. The fourth-order valence-corrected chi connectivity index (χ4v) is 4.34. The number of sulfonamides is 1. The number of hydrogen-bond acceptors (Lipinski definition) is 6. The van der Waals surface area contributed by atoms with Crippen LogP contribution in [0.25, 0.3) is 0 Å². The molecule has 1 amide bonds. The third-order valence-electron chi connectivity index (χ3n) is 3.88. The second-order valence-corrected chi connectivity index (χ2v) is 8.09. The maximum Gasteiger partial charge on any atom is 0.240 e. The van der Waals surface area contributed by atoms with Crippen LogP contribution in [-0.2, 0) is 27.7 Å². The average Bonchev–Trinajstić information content (AvgIpc) is 3.12. The van der Waals surface area contributed by atoms with Crippen molar-refractivity contribution >= 4 is 38.1 Å². The van der Waals surface area contributed by atoms with Gasteiger partial charge < -0.3 is 10.2 Å². The van der Waals surface area contributed by atoms with Gasteiger partial charge in [0.2, 0.25) is 15.9 Å². The number of carbonyl (C=O) groups is 1. The van der Waals surface area contributed by atoms with Gasteiger partial charge in [-0.1, -0.05) is 0 Å². The molecule has 9 heteroatoms. The molecule has 3 rings (SSSR count). The highest BCUT2D eigenvalue weighted by Gasteiger charge is 2.26. The van der Waals surface area contributed by atoms with Gasteiger partial charge in [-0.15, -0.1) is 11.3 Å². The Kier molecular flexibility index (Phi) is 4.57. The summed E-state index contributed by atoms with van der Waals surface area (Å²) in [5.41, 5.74) is 2.35. The van der Waals surface area contributed by atoms with E-state index in [1.165, 1.54) is 17.4 Å². The molecular weight excluding hydrogens is 348 g/mol. The van der Waals surface area contributed by atoms with E-state index in [9.17, 15) is 13.2 Å². The van der Waals surface area contributed by atoms with Gasteiger partial charge in [0.25, 0.3) is 0 Å². The van der Waals surface area contributed by atoms with Gasteiger partial charge in [0.1, 0.15) is 0 Å². The van der Waals surface area contributed by atoms with Gasteiger partial charge in [-0.2, -0.15) is 0 Å². The number of likely N-dealkylation sites (N-methyl/N-ethyl adjacent to an activating group) is 1. The van der Waals surface area contributed by atoms with Crippen LogP contribution in [0.15, 0.2) is 28.5 Å². The molecule has 24 heavy (non-hydrogen) atoms. The fraction of sp³-hybridized carbons (Fsp3) is 0.333. The Morgan fingerprint density at radius 1 is 1.38 bits per heavy atom. The van der Waals surface area contributed by atoms with Gasteiger partial charge in [0.15, 0.2) is 5.13 Å². The summed E-state index contributed by atoms with van der Waals surface area (Å²) in [5, 5.41) is 5.65. The standard InChI is InChI=1S/C15H18N4O3S2/c1-16-15-18-11(9-23-15)5-6-17-24(21,22)12-3-4-13-10(7-12)8-14(20)19(13)2/h3-4,7,9,17H,5-6,8H2,1-2H3,(H,16,18). The Hall–Kier alpha value is -1.97. The second kappa shape index (κ2) is 6.50. The molecule has 0 saturated carbocycles. The molecule has 2 heterocycles. The lowest BCUT2D eigenvalue weighted by atomic mass is 10.2. The van der Waals surface area contributed by atoms with Crippen molar-refractivity contribution in [3.63, 3.8) is 0 Å². The third kappa shape index (κ3) is 3.28. The molecule has 0 bridgehead atoms. The van der Waals surface area contributed by atoms with Crippen molar-refractivity contribution in [2.45, 2.75) is 17.7 Å². The summed E-state index contributed by atoms with van der Waals surface area (Å²) in [5.74, 6) is -0.0311. The van der Waals surface area contributed by atoms with Crippen molar-refractivity contribution in [1.82, 2.24) is 9.71 Å². The van der Waals surface area contributed by atoms with Crippen LogP contribution in [0, 0.1) is 0 Å². The lowest BCUT2D eigenvalue weighted by Gasteiger charge is -2.11. The van der Waals surface area contributed by atoms with Crippen LogP contribution in [0.2, 0.25) is 0 Å². The Labute approximate surface area is 144 Å². The van der Waals surface area contributed by atoms with E-state index in [2.05, 4.69) is 15.0 Å². The van der Waals surface area contributed by atoms with Crippen LogP contribution in [0.1, 0.15) is 11.3 Å². The Bertz CT molecular complexity index is 877. The Morgan fingerprint density at radius 3 is 2.88 bits per heavy atom. The van der Waals surface area contributed by atoms with E-state index in [0.717, 1.165) is 22.1 Å². The zero-order valence-corrected chi connectivity index (χ0v) is 15.0. The number of benzene rings is 1. The molecule has 1 aromatic carbocycles. The smallest absolute Gasteiger partial charge is 0.240 e. The molecule has 0 atom stereocenters. The minimum absolute atomic E-state index is 0.0311. The zero-order valence-electron chi connectivity index (χ0n) is 13.4. The number of nitrogens with one attached hydrogen (secondary N) is 2. The number of amides is 1. The van der Waals surface area contributed by atoms with E-state index in [0.29, 0.717) is 6.42 Å². The minimum atomic E-state index is -3.61. The van der Waals surface area contributed by atoms with E-state index in [-0.39, 0.29) is 23.8 Å². The van der Waals surface area contributed by atoms with E-state index in [4.69, 9.17) is 0 Å². The highest BCUT2D eigenvalue weighted by molar-refractivity contribution is 7.89. The maximum atomic E-state index is 12.4. The van der Waals surface area contributed by atoms with Crippen molar-refractivity contribution in [2.24, 2.45) is 0 Å². The molecule has 7 nitrogen and oxygen atoms in total. The lowest BCUT2D eigenvalue weighted by molar-refractivity contribution is -0.117. The SMILES string of the molecule is CNc1nc(CCNS(=O)(=O)c2ccc3c(c2)CC(=O)N3C)cs1. The normalized spacial score (nSPS) is 14.1. The van der Waals surface area contributed by atoms with E-state index in [1.807, 2.05) is 5.38 Å². The molecule has 128 valence electrons. The van der Waals surface area contributed by atoms with Crippen molar-refractivity contribution in [3.05, 3.63) is 34.8 Å². The molecule has 0 unspecified atom stereocenters. The first-order valence-corrected chi connectivity index (χ1v) is 9.78. The molecule has 0 radical (unpaired) electrons. The molecule has 1 aliphatic heterocycles. The summed E-state index contributed by atoms with van der Waals surface area (Å²) in [6.07, 6.45) is 0.754. The number of aromatic nitrogens is 1. The van der Waals surface area contributed by atoms with Crippen LogP contribution in [-0.4, -0.2) is 39.9 Å². The number of thiazole rings is 1. The summed E-state index contributed by atoms with van der Waals surface area (Å²) in [4.78, 5) is 17.7. The zero-order chi connectivity index (χ0) is 17.3. The Balaban J connectivity index is 1.67. The average molecular weight is 366 g/mol. The quantitative estimate of drug-likeness (QED) is 0.802. The first-order chi connectivity index (χ1) is 11.4. The lowest BCUT2D eigenvalue weighted by Crippen LogP contribution is -2.26. The molecule has 1 aromatic heterocycles. The number of nitrogens with zero attached hydrogens (tertiary/aromatic N) is 2. The molecule has 0 fully saturated rings. The summed E-state index contributed by atoms with van der Waals surface area (Å²) in [7, 11) is -0.124. The van der Waals surface area contributed by atoms with Crippen LogP contribution in [0.4, 0.5) is 10.8 Å². The maximum absolute atomic E-state index is 12.4. The number of hydrogen-bond donors (Lipinski definition) is 2. The van der Waals surface area contributed by atoms with Gasteiger partial charge in [0.05, 0.1) is 17.0 Å². The molecular formula is C15H18N4O3S2. The van der Waals surface area contributed by atoms with Crippen molar-refractivity contribution < 1.29 is 13.2 Å². The molecule has 1 aliphatic rings. The second-order valence-electron chi connectivity index (χ2n) is 5.46. The summed E-state index contributed by atoms with van der Waals surface area (Å²) >= 11 is 1.48. The predicted molar refractivity (Wildman–Crippen MR) is 94.1 cm³/mol. The molecule has 0 saturated heterocycles. The van der Waals surface area contributed by atoms with Gasteiger partial charge in [0, 0.05) is 38.1 Å². The molecule has 2 aromatic rings.